The van der Waals surface area contributed by atoms with Crippen LogP contribution in [-0.2, 0) is 9.53 Å². The van der Waals surface area contributed by atoms with Gasteiger partial charge in [0.05, 0.1) is 6.54 Å². The van der Waals surface area contributed by atoms with E-state index in [0.29, 0.717) is 18.5 Å². The molecule has 4 nitrogen and oxygen atoms in total. The number of rotatable bonds is 5. The molecule has 1 saturated heterocycles. The van der Waals surface area contributed by atoms with Crippen molar-refractivity contribution in [2.75, 3.05) is 19.8 Å². The Morgan fingerprint density at radius 2 is 1.94 bits per heavy atom. The first-order valence-corrected chi connectivity index (χ1v) is 6.20. The maximum atomic E-state index is 11.6. The third-order valence-electron chi connectivity index (χ3n) is 3.03. The molecule has 0 spiro atoms. The van der Waals surface area contributed by atoms with Gasteiger partial charge in [0.2, 0.25) is 5.91 Å². The van der Waals surface area contributed by atoms with Gasteiger partial charge < -0.3 is 15.4 Å². The van der Waals surface area contributed by atoms with Crippen LogP contribution in [0.4, 0.5) is 0 Å². The van der Waals surface area contributed by atoms with Gasteiger partial charge in [-0.05, 0) is 25.7 Å². The number of carbonyl (C=O) groups is 1. The van der Waals surface area contributed by atoms with Gasteiger partial charge in [0.1, 0.15) is 0 Å². The van der Waals surface area contributed by atoms with Crippen LogP contribution in [0.25, 0.3) is 0 Å². The molecule has 1 heterocycles. The van der Waals surface area contributed by atoms with Crippen molar-refractivity contribution in [2.24, 2.45) is 5.92 Å². The molecule has 16 heavy (non-hydrogen) atoms. The van der Waals surface area contributed by atoms with Crippen molar-refractivity contribution >= 4 is 5.91 Å². The van der Waals surface area contributed by atoms with Crippen molar-refractivity contribution in [1.29, 1.82) is 0 Å². The summed E-state index contributed by atoms with van der Waals surface area (Å²) in [6.07, 6.45) is 2.11. The molecule has 4 heteroatoms. The molecule has 0 aromatic heterocycles. The van der Waals surface area contributed by atoms with E-state index in [0.717, 1.165) is 26.1 Å². The topological polar surface area (TPSA) is 50.4 Å². The van der Waals surface area contributed by atoms with E-state index in [9.17, 15) is 4.79 Å². The first-order valence-electron chi connectivity index (χ1n) is 6.20. The molecule has 0 bridgehead atoms. The van der Waals surface area contributed by atoms with Crippen LogP contribution in [0.3, 0.4) is 0 Å². The minimum Gasteiger partial charge on any atom is -0.381 e. The van der Waals surface area contributed by atoms with Crippen molar-refractivity contribution in [3.63, 3.8) is 0 Å². The zero-order valence-corrected chi connectivity index (χ0v) is 10.6. The van der Waals surface area contributed by atoms with Gasteiger partial charge in [-0.2, -0.15) is 0 Å². The average molecular weight is 228 g/mol. The quantitative estimate of drug-likeness (QED) is 0.735. The van der Waals surface area contributed by atoms with E-state index in [1.165, 1.54) is 0 Å². The van der Waals surface area contributed by atoms with Gasteiger partial charge in [0.15, 0.2) is 0 Å². The number of ether oxygens (including phenoxy) is 1. The summed E-state index contributed by atoms with van der Waals surface area (Å²) in [5, 5.41) is 6.16. The summed E-state index contributed by atoms with van der Waals surface area (Å²) < 4.78 is 5.31. The van der Waals surface area contributed by atoms with Gasteiger partial charge in [0, 0.05) is 25.3 Å². The lowest BCUT2D eigenvalue weighted by Crippen LogP contribution is -2.44. The summed E-state index contributed by atoms with van der Waals surface area (Å²) in [5.74, 6) is 0.657. The highest BCUT2D eigenvalue weighted by Crippen LogP contribution is 2.18. The van der Waals surface area contributed by atoms with Gasteiger partial charge in [0.25, 0.3) is 0 Å². The largest absolute Gasteiger partial charge is 0.381 e. The molecule has 1 fully saturated rings. The van der Waals surface area contributed by atoms with Crippen LogP contribution in [0.2, 0.25) is 0 Å². The van der Waals surface area contributed by atoms with Crippen LogP contribution in [0, 0.1) is 5.92 Å². The lowest BCUT2D eigenvalue weighted by atomic mass is 9.93. The van der Waals surface area contributed by atoms with Crippen LogP contribution < -0.4 is 10.6 Å². The van der Waals surface area contributed by atoms with Gasteiger partial charge in [-0.3, -0.25) is 4.79 Å². The summed E-state index contributed by atoms with van der Waals surface area (Å²) in [5.41, 5.74) is 0. The van der Waals surface area contributed by atoms with Crippen molar-refractivity contribution in [3.05, 3.63) is 0 Å². The number of hydrogen-bond donors (Lipinski definition) is 2. The van der Waals surface area contributed by atoms with E-state index < -0.39 is 0 Å². The van der Waals surface area contributed by atoms with Crippen LogP contribution >= 0.6 is 0 Å². The second kappa shape index (κ2) is 6.86. The molecule has 1 amide bonds. The maximum Gasteiger partial charge on any atom is 0.234 e. The van der Waals surface area contributed by atoms with Crippen LogP contribution in [0.5, 0.6) is 0 Å². The van der Waals surface area contributed by atoms with Crippen LogP contribution in [0.1, 0.15) is 33.6 Å². The van der Waals surface area contributed by atoms with Crippen molar-refractivity contribution in [2.45, 2.75) is 45.7 Å². The fourth-order valence-corrected chi connectivity index (χ4v) is 1.94. The average Bonchev–Trinajstić information content (AvgIpc) is 2.27. The highest BCUT2D eigenvalue weighted by Gasteiger charge is 2.21. The SMILES string of the molecule is CC(C)NCC(=O)NC(C)C1CCOCC1. The number of carbonyl (C=O) groups excluding carboxylic acids is 1. The number of nitrogens with one attached hydrogen (secondary N) is 2. The molecular weight excluding hydrogens is 204 g/mol. The summed E-state index contributed by atoms with van der Waals surface area (Å²) in [7, 11) is 0. The molecular formula is C12H24N2O2. The van der Waals surface area contributed by atoms with Crippen LogP contribution in [0.15, 0.2) is 0 Å². The van der Waals surface area contributed by atoms with Gasteiger partial charge in [-0.1, -0.05) is 13.8 Å². The molecule has 0 aliphatic carbocycles. The minimum atomic E-state index is 0.0905. The maximum absolute atomic E-state index is 11.6. The molecule has 0 aromatic rings. The Hall–Kier alpha value is -0.610. The van der Waals surface area contributed by atoms with E-state index in [1.807, 2.05) is 13.8 Å². The number of amides is 1. The summed E-state index contributed by atoms with van der Waals surface area (Å²) in [6.45, 7) is 8.23. The summed E-state index contributed by atoms with van der Waals surface area (Å²) in [4.78, 5) is 11.6. The smallest absolute Gasteiger partial charge is 0.234 e. The Kier molecular flexibility index (Phi) is 5.77. The Morgan fingerprint density at radius 3 is 2.50 bits per heavy atom. The van der Waals surface area contributed by atoms with E-state index in [4.69, 9.17) is 4.74 Å². The minimum absolute atomic E-state index is 0.0905. The second-order valence-electron chi connectivity index (χ2n) is 4.84. The predicted molar refractivity (Wildman–Crippen MR) is 64.3 cm³/mol. The van der Waals surface area contributed by atoms with E-state index in [2.05, 4.69) is 17.6 Å². The molecule has 0 radical (unpaired) electrons. The molecule has 94 valence electrons. The monoisotopic (exact) mass is 228 g/mol. The third-order valence-corrected chi connectivity index (χ3v) is 3.03. The van der Waals surface area contributed by atoms with E-state index in [-0.39, 0.29) is 11.9 Å². The van der Waals surface area contributed by atoms with Crippen molar-refractivity contribution in [1.82, 2.24) is 10.6 Å². The first kappa shape index (κ1) is 13.5. The summed E-state index contributed by atoms with van der Waals surface area (Å²) >= 11 is 0. The van der Waals surface area contributed by atoms with Crippen LogP contribution in [-0.4, -0.2) is 37.7 Å². The van der Waals surface area contributed by atoms with E-state index in [1.54, 1.807) is 0 Å². The molecule has 1 rings (SSSR count). The highest BCUT2D eigenvalue weighted by molar-refractivity contribution is 5.78. The summed E-state index contributed by atoms with van der Waals surface area (Å²) in [6, 6.07) is 0.606. The molecule has 1 atom stereocenters. The van der Waals surface area contributed by atoms with Gasteiger partial charge in [-0.15, -0.1) is 0 Å². The van der Waals surface area contributed by atoms with Gasteiger partial charge in [-0.25, -0.2) is 0 Å². The van der Waals surface area contributed by atoms with Crippen molar-refractivity contribution in [3.8, 4) is 0 Å². The molecule has 1 unspecified atom stereocenters. The third kappa shape index (κ3) is 4.94. The molecule has 1 aliphatic heterocycles. The standard InChI is InChI=1S/C12H24N2O2/c1-9(2)13-8-12(15)14-10(3)11-4-6-16-7-5-11/h9-11,13H,4-8H2,1-3H3,(H,14,15). The molecule has 0 saturated carbocycles. The molecule has 2 N–H and O–H groups in total. The highest BCUT2D eigenvalue weighted by atomic mass is 16.5. The lowest BCUT2D eigenvalue weighted by Gasteiger charge is -2.28. The number of hydrogen-bond acceptors (Lipinski definition) is 3. The zero-order chi connectivity index (χ0) is 12.0. The predicted octanol–water partition coefficient (Wildman–Crippen LogP) is 0.916. The van der Waals surface area contributed by atoms with E-state index >= 15 is 0 Å². The first-order chi connectivity index (χ1) is 7.59. The Bertz CT molecular complexity index is 213. The Morgan fingerprint density at radius 1 is 1.31 bits per heavy atom. The van der Waals surface area contributed by atoms with Crippen molar-refractivity contribution < 1.29 is 9.53 Å². The second-order valence-corrected chi connectivity index (χ2v) is 4.84. The molecule has 1 aliphatic rings. The normalized spacial score (nSPS) is 19.8. The Labute approximate surface area is 98.1 Å². The fraction of sp³-hybridized carbons (Fsp3) is 0.917. The Balaban J connectivity index is 2.21. The molecule has 0 aromatic carbocycles. The lowest BCUT2D eigenvalue weighted by molar-refractivity contribution is -0.121. The van der Waals surface area contributed by atoms with Gasteiger partial charge >= 0.3 is 0 Å². The fourth-order valence-electron chi connectivity index (χ4n) is 1.94. The zero-order valence-electron chi connectivity index (χ0n) is 10.6.